The van der Waals surface area contributed by atoms with E-state index in [9.17, 15) is 9.18 Å². The molecule has 0 aromatic heterocycles. The van der Waals surface area contributed by atoms with Crippen LogP contribution in [0.4, 0.5) is 4.39 Å². The van der Waals surface area contributed by atoms with Gasteiger partial charge in [-0.05, 0) is 43.7 Å². The van der Waals surface area contributed by atoms with Crippen LogP contribution in [0.2, 0.25) is 0 Å². The molecule has 20 heavy (non-hydrogen) atoms. The van der Waals surface area contributed by atoms with Crippen molar-refractivity contribution in [3.05, 3.63) is 47.8 Å². The lowest BCUT2D eigenvalue weighted by Crippen LogP contribution is -2.44. The van der Waals surface area contributed by atoms with Gasteiger partial charge in [0.15, 0.2) is 0 Å². The third-order valence-electron chi connectivity index (χ3n) is 4.52. The van der Waals surface area contributed by atoms with Crippen molar-refractivity contribution >= 4 is 5.91 Å². The van der Waals surface area contributed by atoms with Crippen molar-refractivity contribution in [2.75, 3.05) is 0 Å². The van der Waals surface area contributed by atoms with Gasteiger partial charge in [-0.2, -0.15) is 0 Å². The molecule has 0 spiro atoms. The predicted molar refractivity (Wildman–Crippen MR) is 76.8 cm³/mol. The molecule has 2 heterocycles. The Morgan fingerprint density at radius 1 is 1.25 bits per heavy atom. The quantitative estimate of drug-likeness (QED) is 0.772. The maximum absolute atomic E-state index is 13.6. The second-order valence-corrected chi connectivity index (χ2v) is 5.94. The van der Waals surface area contributed by atoms with Crippen molar-refractivity contribution in [1.29, 1.82) is 0 Å². The topological polar surface area (TPSA) is 20.3 Å². The van der Waals surface area contributed by atoms with Gasteiger partial charge >= 0.3 is 0 Å². The van der Waals surface area contributed by atoms with E-state index in [1.165, 1.54) is 11.6 Å². The number of carbonyl (C=O) groups excluding carboxylic acids is 1. The molecule has 0 saturated carbocycles. The molecule has 2 fully saturated rings. The highest BCUT2D eigenvalue weighted by atomic mass is 19.1. The summed E-state index contributed by atoms with van der Waals surface area (Å²) in [6.45, 7) is 4.07. The van der Waals surface area contributed by atoms with Gasteiger partial charge in [-0.25, -0.2) is 4.39 Å². The lowest BCUT2D eigenvalue weighted by atomic mass is 9.97. The summed E-state index contributed by atoms with van der Waals surface area (Å²) >= 11 is 0. The monoisotopic (exact) mass is 273 g/mol. The van der Waals surface area contributed by atoms with E-state index in [0.717, 1.165) is 25.7 Å². The first-order chi connectivity index (χ1) is 9.65. The van der Waals surface area contributed by atoms with E-state index in [1.807, 2.05) is 6.07 Å². The number of halogens is 1. The lowest BCUT2D eigenvalue weighted by Gasteiger charge is -2.36. The summed E-state index contributed by atoms with van der Waals surface area (Å²) in [6.07, 6.45) is 4.97. The minimum Gasteiger partial charge on any atom is -0.336 e. The van der Waals surface area contributed by atoms with Crippen LogP contribution in [0.1, 0.15) is 37.7 Å². The molecule has 2 aliphatic heterocycles. The Bertz CT molecular complexity index is 524. The fourth-order valence-corrected chi connectivity index (χ4v) is 3.59. The Balaban J connectivity index is 1.63. The average molecular weight is 273 g/mol. The molecule has 2 atom stereocenters. The van der Waals surface area contributed by atoms with Crippen molar-refractivity contribution in [3.8, 4) is 0 Å². The molecule has 1 amide bonds. The maximum Gasteiger partial charge on any atom is 0.223 e. The second-order valence-electron chi connectivity index (χ2n) is 5.94. The summed E-state index contributed by atoms with van der Waals surface area (Å²) in [5.74, 6) is -0.0384. The molecule has 0 radical (unpaired) electrons. The number of hydrogen-bond donors (Lipinski definition) is 0. The van der Waals surface area contributed by atoms with Crippen molar-refractivity contribution < 1.29 is 9.18 Å². The van der Waals surface area contributed by atoms with E-state index in [-0.39, 0.29) is 11.7 Å². The number of hydrogen-bond acceptors (Lipinski definition) is 1. The van der Waals surface area contributed by atoms with E-state index in [0.29, 0.717) is 30.5 Å². The Hall–Kier alpha value is -1.64. The molecule has 3 heteroatoms. The fourth-order valence-electron chi connectivity index (χ4n) is 3.59. The molecule has 2 unspecified atom stereocenters. The summed E-state index contributed by atoms with van der Waals surface area (Å²) in [4.78, 5) is 14.5. The Labute approximate surface area is 119 Å². The second kappa shape index (κ2) is 5.39. The minimum absolute atomic E-state index is 0.174. The van der Waals surface area contributed by atoms with Crippen molar-refractivity contribution in [2.24, 2.45) is 0 Å². The highest BCUT2D eigenvalue weighted by Crippen LogP contribution is 2.38. The number of piperidine rings is 1. The van der Waals surface area contributed by atoms with Crippen LogP contribution in [0.15, 0.2) is 36.4 Å². The molecule has 1 aromatic rings. The molecule has 1 aromatic carbocycles. The van der Waals surface area contributed by atoms with Crippen molar-refractivity contribution in [2.45, 2.75) is 50.6 Å². The van der Waals surface area contributed by atoms with E-state index < -0.39 is 0 Å². The third-order valence-corrected chi connectivity index (χ3v) is 4.52. The molecule has 106 valence electrons. The van der Waals surface area contributed by atoms with Crippen LogP contribution in [-0.4, -0.2) is 22.9 Å². The Kier molecular flexibility index (Phi) is 3.60. The van der Waals surface area contributed by atoms with Crippen LogP contribution in [-0.2, 0) is 11.2 Å². The van der Waals surface area contributed by atoms with Crippen molar-refractivity contribution in [3.63, 3.8) is 0 Å². The first-order valence-corrected chi connectivity index (χ1v) is 7.36. The zero-order valence-corrected chi connectivity index (χ0v) is 11.6. The molecular weight excluding hydrogens is 253 g/mol. The summed E-state index contributed by atoms with van der Waals surface area (Å²) in [5, 5.41) is 0. The standard InChI is InChI=1S/C17H20FNO/c1-12-10-14-7-8-15(11-12)19(14)17(20)9-6-13-4-2-3-5-16(13)18/h2-5,14-15H,1,6-11H2. The zero-order chi connectivity index (χ0) is 14.1. The van der Waals surface area contributed by atoms with Gasteiger partial charge in [-0.15, -0.1) is 0 Å². The Morgan fingerprint density at radius 3 is 2.55 bits per heavy atom. The van der Waals surface area contributed by atoms with E-state index in [2.05, 4.69) is 11.5 Å². The van der Waals surface area contributed by atoms with E-state index in [4.69, 9.17) is 0 Å². The van der Waals surface area contributed by atoms with Gasteiger partial charge in [-0.3, -0.25) is 4.79 Å². The van der Waals surface area contributed by atoms with E-state index >= 15 is 0 Å². The van der Waals surface area contributed by atoms with Crippen LogP contribution in [0.25, 0.3) is 0 Å². The summed E-state index contributed by atoms with van der Waals surface area (Å²) in [6, 6.07) is 7.39. The summed E-state index contributed by atoms with van der Waals surface area (Å²) < 4.78 is 13.6. The van der Waals surface area contributed by atoms with Gasteiger partial charge in [0.05, 0.1) is 0 Å². The van der Waals surface area contributed by atoms with Crippen LogP contribution in [0.3, 0.4) is 0 Å². The molecule has 2 saturated heterocycles. The van der Waals surface area contributed by atoms with Gasteiger partial charge in [0, 0.05) is 18.5 Å². The number of amides is 1. The lowest BCUT2D eigenvalue weighted by molar-refractivity contribution is -0.134. The van der Waals surface area contributed by atoms with Gasteiger partial charge in [0.1, 0.15) is 5.82 Å². The molecular formula is C17H20FNO. The SMILES string of the molecule is C=C1CC2CCC(C1)N2C(=O)CCc1ccccc1F. The molecule has 0 N–H and O–H groups in total. The van der Waals surface area contributed by atoms with Crippen LogP contribution in [0.5, 0.6) is 0 Å². The number of rotatable bonds is 3. The smallest absolute Gasteiger partial charge is 0.223 e. The van der Waals surface area contributed by atoms with Crippen LogP contribution in [0, 0.1) is 5.82 Å². The maximum atomic E-state index is 13.6. The number of carbonyl (C=O) groups is 1. The molecule has 2 nitrogen and oxygen atoms in total. The normalized spacial score (nSPS) is 25.1. The first kappa shape index (κ1) is 13.3. The summed E-state index contributed by atoms with van der Waals surface area (Å²) in [5.41, 5.74) is 1.91. The van der Waals surface area contributed by atoms with Gasteiger partial charge < -0.3 is 4.90 Å². The van der Waals surface area contributed by atoms with E-state index in [1.54, 1.807) is 12.1 Å². The highest BCUT2D eigenvalue weighted by Gasteiger charge is 2.40. The minimum atomic E-state index is -0.213. The van der Waals surface area contributed by atoms with Crippen LogP contribution >= 0.6 is 0 Å². The van der Waals surface area contributed by atoms with Gasteiger partial charge in [0.25, 0.3) is 0 Å². The Morgan fingerprint density at radius 2 is 1.90 bits per heavy atom. The zero-order valence-electron chi connectivity index (χ0n) is 11.6. The van der Waals surface area contributed by atoms with Crippen molar-refractivity contribution in [1.82, 2.24) is 4.90 Å². The number of aryl methyl sites for hydroxylation is 1. The van der Waals surface area contributed by atoms with Gasteiger partial charge in [-0.1, -0.05) is 30.4 Å². The molecule has 0 aliphatic carbocycles. The number of benzene rings is 1. The number of nitrogens with zero attached hydrogens (tertiary/aromatic N) is 1. The predicted octanol–water partition coefficient (Wildman–Crippen LogP) is 3.47. The largest absolute Gasteiger partial charge is 0.336 e. The molecule has 2 bridgehead atoms. The van der Waals surface area contributed by atoms with Crippen LogP contribution < -0.4 is 0 Å². The summed E-state index contributed by atoms with van der Waals surface area (Å²) in [7, 11) is 0. The number of fused-ring (bicyclic) bond motifs is 2. The first-order valence-electron chi connectivity index (χ1n) is 7.36. The highest BCUT2D eigenvalue weighted by molar-refractivity contribution is 5.78. The fraction of sp³-hybridized carbons (Fsp3) is 0.471. The average Bonchev–Trinajstić information content (AvgIpc) is 2.70. The molecule has 2 aliphatic rings. The molecule has 3 rings (SSSR count). The third kappa shape index (κ3) is 2.49. The van der Waals surface area contributed by atoms with Gasteiger partial charge in [0.2, 0.25) is 5.91 Å².